The van der Waals surface area contributed by atoms with E-state index >= 15 is 0 Å². The van der Waals surface area contributed by atoms with Gasteiger partial charge in [0.1, 0.15) is 17.2 Å². The van der Waals surface area contributed by atoms with Crippen molar-refractivity contribution in [1.82, 2.24) is 9.97 Å². The fourth-order valence-electron chi connectivity index (χ4n) is 6.31. The van der Waals surface area contributed by atoms with Gasteiger partial charge in [-0.1, -0.05) is 90.8 Å². The van der Waals surface area contributed by atoms with Crippen LogP contribution in [-0.2, 0) is 20.1 Å². The molecule has 9 rings (SSSR count). The van der Waals surface area contributed by atoms with Crippen LogP contribution < -0.4 is 25.9 Å². The summed E-state index contributed by atoms with van der Waals surface area (Å²) in [6.45, 7) is 6.29. The van der Waals surface area contributed by atoms with Gasteiger partial charge in [0.2, 0.25) is 6.71 Å². The van der Waals surface area contributed by atoms with Crippen LogP contribution in [0.1, 0.15) is 16.7 Å². The molecule has 0 aliphatic carbocycles. The molecular weight excluding hydrogens is 780 g/mol. The van der Waals surface area contributed by atoms with Gasteiger partial charge < -0.3 is 19.4 Å². The van der Waals surface area contributed by atoms with E-state index in [1.54, 1.807) is 0 Å². The van der Waals surface area contributed by atoms with Crippen LogP contribution in [-0.4, -0.2) is 16.7 Å². The van der Waals surface area contributed by atoms with E-state index in [0.717, 1.165) is 73.0 Å². The standard InChI is InChI=1S/C29H17BNO2.C14H14N.Ir/c1-2-8-19(9-3-1)20-16-17-24(31-18-20)21-10-6-12-23-29(21)33-27-15-7-14-26-28(27)30(23)22-11-4-5-13-25(22)32-26;1-10-4-6-13(7-5-10)14-8-11(2)12(3)9-15-14;/h1-9,11-18H;4-6,8-9H,1-3H3;/q2*-1;. The van der Waals surface area contributed by atoms with Gasteiger partial charge in [0.15, 0.2) is 0 Å². The molecule has 2 aliphatic heterocycles. The molecule has 6 heteroatoms. The summed E-state index contributed by atoms with van der Waals surface area (Å²) < 4.78 is 12.7. The Hall–Kier alpha value is -5.29. The predicted octanol–water partition coefficient (Wildman–Crippen LogP) is 8.41. The Labute approximate surface area is 301 Å². The van der Waals surface area contributed by atoms with Crippen molar-refractivity contribution in [1.29, 1.82) is 0 Å². The fraction of sp³-hybridized carbons (Fsp3) is 0.0698. The summed E-state index contributed by atoms with van der Waals surface area (Å²) in [5, 5.41) is 0. The summed E-state index contributed by atoms with van der Waals surface area (Å²) in [6.07, 6.45) is 3.83. The summed E-state index contributed by atoms with van der Waals surface area (Å²) in [5.74, 6) is 3.37. The Morgan fingerprint density at radius 1 is 0.592 bits per heavy atom. The molecule has 0 amide bonds. The molecule has 4 nitrogen and oxygen atoms in total. The van der Waals surface area contributed by atoms with Crippen molar-refractivity contribution >= 4 is 23.1 Å². The number of fused-ring (bicyclic) bond motifs is 4. The molecule has 0 unspecified atom stereocenters. The number of hydrogen-bond acceptors (Lipinski definition) is 4. The van der Waals surface area contributed by atoms with Crippen molar-refractivity contribution in [2.75, 3.05) is 0 Å². The van der Waals surface area contributed by atoms with Crippen LogP contribution >= 0.6 is 0 Å². The number of para-hydroxylation sites is 1. The van der Waals surface area contributed by atoms with E-state index in [1.807, 2.05) is 79.1 Å². The number of nitrogens with zero attached hydrogens (tertiary/aromatic N) is 2. The number of rotatable bonds is 3. The molecule has 0 fully saturated rings. The van der Waals surface area contributed by atoms with Crippen LogP contribution in [0, 0.1) is 32.9 Å². The summed E-state index contributed by atoms with van der Waals surface area (Å²) in [4.78, 5) is 9.19. The van der Waals surface area contributed by atoms with Crippen LogP contribution in [0.2, 0.25) is 0 Å². The van der Waals surface area contributed by atoms with Crippen molar-refractivity contribution in [2.24, 2.45) is 0 Å². The second-order valence-corrected chi connectivity index (χ2v) is 12.2. The molecule has 0 bridgehead atoms. The summed E-state index contributed by atoms with van der Waals surface area (Å²) >= 11 is 0. The first-order valence-electron chi connectivity index (χ1n) is 16.1. The van der Waals surface area contributed by atoms with Gasteiger partial charge in [0.25, 0.3) is 0 Å². The molecule has 0 saturated carbocycles. The second kappa shape index (κ2) is 13.7. The van der Waals surface area contributed by atoms with Crippen LogP contribution in [0.15, 0.2) is 134 Å². The van der Waals surface area contributed by atoms with Gasteiger partial charge in [-0.2, -0.15) is 0 Å². The molecule has 0 saturated heterocycles. The van der Waals surface area contributed by atoms with Gasteiger partial charge in [0.05, 0.1) is 0 Å². The molecule has 0 N–H and O–H groups in total. The van der Waals surface area contributed by atoms with Gasteiger partial charge in [-0.25, -0.2) is 0 Å². The first-order valence-corrected chi connectivity index (χ1v) is 16.1. The predicted molar refractivity (Wildman–Crippen MR) is 194 cm³/mol. The van der Waals surface area contributed by atoms with Crippen molar-refractivity contribution < 1.29 is 29.6 Å². The third-order valence-electron chi connectivity index (χ3n) is 9.01. The van der Waals surface area contributed by atoms with E-state index < -0.39 is 0 Å². The Kier molecular flexibility index (Phi) is 9.01. The van der Waals surface area contributed by atoms with E-state index in [2.05, 4.69) is 92.5 Å². The number of benzene rings is 5. The Balaban J connectivity index is 0.000000200. The maximum Gasteiger partial charge on any atom is 0.241 e. The van der Waals surface area contributed by atoms with Crippen LogP contribution in [0.3, 0.4) is 0 Å². The van der Waals surface area contributed by atoms with E-state index in [9.17, 15) is 0 Å². The molecule has 7 aromatic rings. The molecule has 4 heterocycles. The average molecular weight is 811 g/mol. The van der Waals surface area contributed by atoms with Gasteiger partial charge in [-0.3, -0.25) is 0 Å². The number of pyridine rings is 2. The second-order valence-electron chi connectivity index (χ2n) is 12.2. The minimum Gasteiger partial charge on any atom is -0.503 e. The van der Waals surface area contributed by atoms with E-state index in [-0.39, 0.29) is 26.8 Å². The Morgan fingerprint density at radius 2 is 1.35 bits per heavy atom. The zero-order chi connectivity index (χ0) is 32.6. The molecule has 0 spiro atoms. The Bertz CT molecular complexity index is 2270. The quantitative estimate of drug-likeness (QED) is 0.133. The van der Waals surface area contributed by atoms with Crippen LogP contribution in [0.25, 0.3) is 33.6 Å². The maximum absolute atomic E-state index is 6.49. The van der Waals surface area contributed by atoms with Gasteiger partial charge in [-0.15, -0.1) is 59.1 Å². The smallest absolute Gasteiger partial charge is 0.241 e. The third kappa shape index (κ3) is 6.22. The molecule has 1 radical (unpaired) electrons. The maximum atomic E-state index is 6.49. The van der Waals surface area contributed by atoms with Crippen molar-refractivity contribution in [3.8, 4) is 56.6 Å². The van der Waals surface area contributed by atoms with Gasteiger partial charge in [-0.05, 0) is 65.6 Å². The minimum absolute atomic E-state index is 0. The minimum atomic E-state index is 0. The molecule has 2 aromatic heterocycles. The molecule has 5 aromatic carbocycles. The zero-order valence-electron chi connectivity index (χ0n) is 27.3. The summed E-state index contributed by atoms with van der Waals surface area (Å²) in [6, 6.07) is 47.6. The molecular formula is C43H31BIrN2O2-2. The summed E-state index contributed by atoms with van der Waals surface area (Å²) in [7, 11) is 0. The first kappa shape index (κ1) is 32.3. The van der Waals surface area contributed by atoms with Gasteiger partial charge >= 0.3 is 0 Å². The number of hydrogen-bond donors (Lipinski definition) is 0. The molecule has 239 valence electrons. The SMILES string of the molecule is Cc1c[c-]c(-c2cc(C)c(C)cn2)cc1.[Ir].[c-]1ccc2c(c1-c1ccc(-c3ccccc3)cn1)Oc1cccc3c1B2c1ccccc1O3. The zero-order valence-corrected chi connectivity index (χ0v) is 29.7. The molecule has 49 heavy (non-hydrogen) atoms. The fourth-order valence-corrected chi connectivity index (χ4v) is 6.31. The third-order valence-corrected chi connectivity index (χ3v) is 9.01. The summed E-state index contributed by atoms with van der Waals surface area (Å²) in [5.41, 5.74) is 13.0. The number of ether oxygens (including phenoxy) is 2. The topological polar surface area (TPSA) is 44.2 Å². The van der Waals surface area contributed by atoms with Crippen LogP contribution in [0.4, 0.5) is 0 Å². The van der Waals surface area contributed by atoms with Crippen LogP contribution in [0.5, 0.6) is 23.0 Å². The van der Waals surface area contributed by atoms with E-state index in [1.165, 1.54) is 16.7 Å². The number of aryl methyl sites for hydroxylation is 3. The Morgan fingerprint density at radius 3 is 2.10 bits per heavy atom. The molecule has 2 aliphatic rings. The molecule has 0 atom stereocenters. The van der Waals surface area contributed by atoms with E-state index in [0.29, 0.717) is 0 Å². The largest absolute Gasteiger partial charge is 0.503 e. The van der Waals surface area contributed by atoms with E-state index in [4.69, 9.17) is 14.5 Å². The van der Waals surface area contributed by atoms with Gasteiger partial charge in [0, 0.05) is 43.7 Å². The first-order chi connectivity index (χ1) is 23.5. The van der Waals surface area contributed by atoms with Crippen molar-refractivity contribution in [3.63, 3.8) is 0 Å². The number of aromatic nitrogens is 2. The van der Waals surface area contributed by atoms with Crippen molar-refractivity contribution in [3.05, 3.63) is 163 Å². The normalized spacial score (nSPS) is 11.7. The van der Waals surface area contributed by atoms with Crippen molar-refractivity contribution in [2.45, 2.75) is 20.8 Å². The monoisotopic (exact) mass is 811 g/mol. The average Bonchev–Trinajstić information content (AvgIpc) is 3.13.